The first kappa shape index (κ1) is 10.8. The van der Waals surface area contributed by atoms with Crippen molar-refractivity contribution in [3.05, 3.63) is 35.9 Å². The number of allylic oxidation sites excluding steroid dienone is 1. The van der Waals surface area contributed by atoms with E-state index in [0.29, 0.717) is 11.3 Å². The topological polar surface area (TPSA) is 73.1 Å². The SMILES string of the molecule is COc1ccc(C(C#N)=CC(=O)[O-])cc1. The van der Waals surface area contributed by atoms with Crippen molar-refractivity contribution in [2.24, 2.45) is 0 Å². The van der Waals surface area contributed by atoms with Gasteiger partial charge in [0.15, 0.2) is 0 Å². The minimum absolute atomic E-state index is 0.0534. The molecule has 0 radical (unpaired) electrons. The lowest BCUT2D eigenvalue weighted by Crippen LogP contribution is -2.19. The highest BCUT2D eigenvalue weighted by Gasteiger charge is 2.00. The van der Waals surface area contributed by atoms with Crippen LogP contribution >= 0.6 is 0 Å². The number of rotatable bonds is 3. The monoisotopic (exact) mass is 202 g/mol. The first-order valence-electron chi connectivity index (χ1n) is 4.14. The van der Waals surface area contributed by atoms with E-state index in [-0.39, 0.29) is 5.57 Å². The number of hydrogen-bond acceptors (Lipinski definition) is 4. The molecule has 1 aromatic rings. The molecular weight excluding hydrogens is 194 g/mol. The van der Waals surface area contributed by atoms with E-state index >= 15 is 0 Å². The number of nitrogens with zero attached hydrogens (tertiary/aromatic N) is 1. The van der Waals surface area contributed by atoms with Gasteiger partial charge in [0.2, 0.25) is 0 Å². The summed E-state index contributed by atoms with van der Waals surface area (Å²) in [6, 6.07) is 8.30. The summed E-state index contributed by atoms with van der Waals surface area (Å²) < 4.78 is 4.93. The number of hydrogen-bond donors (Lipinski definition) is 0. The Bertz CT molecular complexity index is 426. The molecule has 0 amide bonds. The van der Waals surface area contributed by atoms with Crippen LogP contribution in [0.15, 0.2) is 30.3 Å². The Hall–Kier alpha value is -2.28. The number of carbonyl (C=O) groups is 1. The van der Waals surface area contributed by atoms with Crippen LogP contribution in [0, 0.1) is 11.3 Å². The second-order valence-corrected chi connectivity index (χ2v) is 2.72. The van der Waals surface area contributed by atoms with Gasteiger partial charge < -0.3 is 14.6 Å². The molecule has 0 unspecified atom stereocenters. The second-order valence-electron chi connectivity index (χ2n) is 2.72. The highest BCUT2D eigenvalue weighted by Crippen LogP contribution is 2.17. The van der Waals surface area contributed by atoms with Crippen molar-refractivity contribution in [3.63, 3.8) is 0 Å². The van der Waals surface area contributed by atoms with E-state index < -0.39 is 5.97 Å². The van der Waals surface area contributed by atoms with Gasteiger partial charge in [-0.1, -0.05) is 0 Å². The van der Waals surface area contributed by atoms with Gasteiger partial charge in [-0.15, -0.1) is 0 Å². The van der Waals surface area contributed by atoms with E-state index in [1.54, 1.807) is 30.3 Å². The van der Waals surface area contributed by atoms with Crippen LogP contribution in [0.4, 0.5) is 0 Å². The van der Waals surface area contributed by atoms with E-state index in [9.17, 15) is 9.90 Å². The highest BCUT2D eigenvalue weighted by molar-refractivity contribution is 5.93. The Balaban J connectivity index is 3.05. The van der Waals surface area contributed by atoms with E-state index in [0.717, 1.165) is 6.08 Å². The predicted molar refractivity (Wildman–Crippen MR) is 51.6 cm³/mol. The van der Waals surface area contributed by atoms with Gasteiger partial charge in [0.05, 0.1) is 24.7 Å². The maximum Gasteiger partial charge on any atom is 0.118 e. The Kier molecular flexibility index (Phi) is 3.47. The summed E-state index contributed by atoms with van der Waals surface area (Å²) in [4.78, 5) is 10.3. The lowest BCUT2D eigenvalue weighted by molar-refractivity contribution is -0.297. The predicted octanol–water partition coefficient (Wildman–Crippen LogP) is 0.352. The summed E-state index contributed by atoms with van der Waals surface area (Å²) in [5.74, 6) is -0.744. The van der Waals surface area contributed by atoms with Crippen molar-refractivity contribution in [3.8, 4) is 11.8 Å². The second kappa shape index (κ2) is 4.82. The lowest BCUT2D eigenvalue weighted by Gasteiger charge is -2.02. The van der Waals surface area contributed by atoms with Crippen LogP contribution in [0.3, 0.4) is 0 Å². The molecule has 4 nitrogen and oxygen atoms in total. The Morgan fingerprint density at radius 3 is 2.47 bits per heavy atom. The van der Waals surface area contributed by atoms with Gasteiger partial charge in [0, 0.05) is 0 Å². The number of ether oxygens (including phenoxy) is 1. The smallest absolute Gasteiger partial charge is 0.118 e. The quantitative estimate of drug-likeness (QED) is 0.523. The Morgan fingerprint density at radius 1 is 1.47 bits per heavy atom. The molecule has 0 heterocycles. The molecule has 15 heavy (non-hydrogen) atoms. The first-order valence-corrected chi connectivity index (χ1v) is 4.14. The summed E-state index contributed by atoms with van der Waals surface area (Å²) in [5, 5.41) is 19.0. The molecule has 4 heteroatoms. The number of aliphatic carboxylic acids is 1. The van der Waals surface area contributed by atoms with Gasteiger partial charge in [-0.3, -0.25) is 0 Å². The third-order valence-electron chi connectivity index (χ3n) is 1.78. The van der Waals surface area contributed by atoms with Gasteiger partial charge in [0.25, 0.3) is 0 Å². The van der Waals surface area contributed by atoms with Crippen LogP contribution in [0.1, 0.15) is 5.56 Å². The molecule has 0 atom stereocenters. The number of nitriles is 1. The highest BCUT2D eigenvalue weighted by atomic mass is 16.5. The summed E-state index contributed by atoms with van der Waals surface area (Å²) in [7, 11) is 1.53. The average Bonchev–Trinajstić information content (AvgIpc) is 2.26. The van der Waals surface area contributed by atoms with Gasteiger partial charge in [-0.05, 0) is 35.9 Å². The number of benzene rings is 1. The molecule has 0 aliphatic heterocycles. The maximum absolute atomic E-state index is 10.3. The maximum atomic E-state index is 10.3. The molecule has 0 saturated carbocycles. The first-order chi connectivity index (χ1) is 7.17. The number of carboxylic acids is 1. The van der Waals surface area contributed by atoms with Crippen LogP contribution < -0.4 is 9.84 Å². The molecule has 0 fully saturated rings. The normalized spacial score (nSPS) is 10.5. The number of carboxylic acid groups (broad SMARTS) is 1. The fourth-order valence-electron chi connectivity index (χ4n) is 1.07. The minimum Gasteiger partial charge on any atom is -0.545 e. The van der Waals surface area contributed by atoms with Crippen LogP contribution in [0.25, 0.3) is 5.57 Å². The van der Waals surface area contributed by atoms with Gasteiger partial charge >= 0.3 is 0 Å². The lowest BCUT2D eigenvalue weighted by atomic mass is 10.1. The van der Waals surface area contributed by atoms with Crippen molar-refractivity contribution >= 4 is 11.5 Å². The van der Waals surface area contributed by atoms with E-state index in [2.05, 4.69) is 0 Å². The minimum atomic E-state index is -1.39. The molecule has 0 aliphatic rings. The van der Waals surface area contributed by atoms with Gasteiger partial charge in [-0.2, -0.15) is 5.26 Å². The number of carbonyl (C=O) groups excluding carboxylic acids is 1. The molecule has 1 rings (SSSR count). The van der Waals surface area contributed by atoms with Crippen molar-refractivity contribution < 1.29 is 14.6 Å². The van der Waals surface area contributed by atoms with E-state index in [1.165, 1.54) is 7.11 Å². The third kappa shape index (κ3) is 2.85. The zero-order chi connectivity index (χ0) is 11.3. The largest absolute Gasteiger partial charge is 0.545 e. The molecular formula is C11H8NO3-. The molecule has 0 spiro atoms. The van der Waals surface area contributed by atoms with Crippen LogP contribution in [0.2, 0.25) is 0 Å². The van der Waals surface area contributed by atoms with Crippen LogP contribution in [0.5, 0.6) is 5.75 Å². The van der Waals surface area contributed by atoms with Crippen LogP contribution in [-0.4, -0.2) is 13.1 Å². The zero-order valence-corrected chi connectivity index (χ0v) is 8.06. The Labute approximate surface area is 87.0 Å². The molecule has 1 aromatic carbocycles. The molecule has 0 N–H and O–H groups in total. The molecule has 0 aliphatic carbocycles. The number of methoxy groups -OCH3 is 1. The van der Waals surface area contributed by atoms with E-state index in [4.69, 9.17) is 10.00 Å². The fraction of sp³-hybridized carbons (Fsp3) is 0.0909. The molecule has 0 saturated heterocycles. The van der Waals surface area contributed by atoms with Crippen LogP contribution in [-0.2, 0) is 4.79 Å². The van der Waals surface area contributed by atoms with Crippen molar-refractivity contribution in [1.82, 2.24) is 0 Å². The summed E-state index contributed by atoms with van der Waals surface area (Å²) in [5.41, 5.74) is 0.570. The molecule has 76 valence electrons. The average molecular weight is 202 g/mol. The van der Waals surface area contributed by atoms with Crippen molar-refractivity contribution in [1.29, 1.82) is 5.26 Å². The van der Waals surface area contributed by atoms with Crippen molar-refractivity contribution in [2.45, 2.75) is 0 Å². The summed E-state index contributed by atoms with van der Waals surface area (Å²) in [6.07, 6.45) is 0.766. The third-order valence-corrected chi connectivity index (χ3v) is 1.78. The van der Waals surface area contributed by atoms with Crippen molar-refractivity contribution in [2.75, 3.05) is 7.11 Å². The standard InChI is InChI=1S/C11H9NO3/c1-15-10-4-2-8(3-5-10)9(7-12)6-11(13)14/h2-6H,1H3,(H,13,14)/p-1. The summed E-state index contributed by atoms with van der Waals surface area (Å²) in [6.45, 7) is 0. The van der Waals surface area contributed by atoms with E-state index in [1.807, 2.05) is 0 Å². The Morgan fingerprint density at radius 2 is 2.07 bits per heavy atom. The summed E-state index contributed by atoms with van der Waals surface area (Å²) >= 11 is 0. The zero-order valence-electron chi connectivity index (χ0n) is 8.06. The molecule has 0 bridgehead atoms. The van der Waals surface area contributed by atoms with Gasteiger partial charge in [0.1, 0.15) is 5.75 Å². The molecule has 0 aromatic heterocycles. The fourth-order valence-corrected chi connectivity index (χ4v) is 1.07. The van der Waals surface area contributed by atoms with Gasteiger partial charge in [-0.25, -0.2) is 0 Å².